The van der Waals surface area contributed by atoms with Crippen molar-refractivity contribution in [1.29, 1.82) is 0 Å². The Morgan fingerprint density at radius 1 is 1.14 bits per heavy atom. The van der Waals surface area contributed by atoms with Crippen LogP contribution in [0.15, 0.2) is 54.2 Å². The number of rotatable bonds is 8. The summed E-state index contributed by atoms with van der Waals surface area (Å²) in [6, 6.07) is 11.0. The SMILES string of the molecule is CC(=O)N(c1ccccc1)c1nc(COC(=O)CCNc2ncccn2)cs1. The zero-order chi connectivity index (χ0) is 19.8. The maximum atomic E-state index is 12.0. The predicted molar refractivity (Wildman–Crippen MR) is 106 cm³/mol. The van der Waals surface area contributed by atoms with Crippen LogP contribution < -0.4 is 10.2 Å². The number of hydrogen-bond donors (Lipinski definition) is 1. The van der Waals surface area contributed by atoms with E-state index in [4.69, 9.17) is 4.74 Å². The van der Waals surface area contributed by atoms with Crippen molar-refractivity contribution < 1.29 is 14.3 Å². The number of para-hydroxylation sites is 1. The van der Waals surface area contributed by atoms with Gasteiger partial charge in [-0.25, -0.2) is 15.0 Å². The van der Waals surface area contributed by atoms with Crippen molar-refractivity contribution in [2.24, 2.45) is 0 Å². The lowest BCUT2D eigenvalue weighted by atomic mass is 10.3. The summed E-state index contributed by atoms with van der Waals surface area (Å²) in [5, 5.41) is 5.25. The average Bonchev–Trinajstić information content (AvgIpc) is 3.16. The maximum Gasteiger partial charge on any atom is 0.307 e. The summed E-state index contributed by atoms with van der Waals surface area (Å²) in [6.07, 6.45) is 3.42. The van der Waals surface area contributed by atoms with Crippen LogP contribution in [0, 0.1) is 0 Å². The summed E-state index contributed by atoms with van der Waals surface area (Å²) >= 11 is 1.32. The number of benzene rings is 1. The lowest BCUT2D eigenvalue weighted by Gasteiger charge is -2.17. The summed E-state index contributed by atoms with van der Waals surface area (Å²) in [5.74, 6) is -0.0348. The van der Waals surface area contributed by atoms with Gasteiger partial charge in [0.1, 0.15) is 6.61 Å². The number of aromatic nitrogens is 3. The largest absolute Gasteiger partial charge is 0.459 e. The fraction of sp³-hybridized carbons (Fsp3) is 0.211. The van der Waals surface area contributed by atoms with E-state index in [1.165, 1.54) is 23.2 Å². The number of amides is 1. The molecule has 9 heteroatoms. The van der Waals surface area contributed by atoms with Gasteiger partial charge in [0.25, 0.3) is 0 Å². The molecule has 0 aliphatic heterocycles. The Kier molecular flexibility index (Phi) is 6.64. The van der Waals surface area contributed by atoms with E-state index in [2.05, 4.69) is 20.3 Å². The second kappa shape index (κ2) is 9.56. The maximum absolute atomic E-state index is 12.0. The lowest BCUT2D eigenvalue weighted by molar-refractivity contribution is -0.144. The van der Waals surface area contributed by atoms with Crippen LogP contribution in [-0.2, 0) is 20.9 Å². The number of ether oxygens (including phenoxy) is 1. The van der Waals surface area contributed by atoms with Gasteiger partial charge in [-0.1, -0.05) is 18.2 Å². The fourth-order valence-corrected chi connectivity index (χ4v) is 3.23. The second-order valence-electron chi connectivity index (χ2n) is 5.72. The van der Waals surface area contributed by atoms with Crippen molar-refractivity contribution in [2.75, 3.05) is 16.8 Å². The molecule has 1 amide bonds. The van der Waals surface area contributed by atoms with E-state index >= 15 is 0 Å². The zero-order valence-electron chi connectivity index (χ0n) is 15.2. The van der Waals surface area contributed by atoms with E-state index in [0.717, 1.165) is 5.69 Å². The first-order valence-electron chi connectivity index (χ1n) is 8.60. The van der Waals surface area contributed by atoms with Gasteiger partial charge in [0.05, 0.1) is 17.8 Å². The topological polar surface area (TPSA) is 97.3 Å². The molecule has 0 unspecified atom stereocenters. The molecule has 144 valence electrons. The Morgan fingerprint density at radius 2 is 1.89 bits per heavy atom. The molecule has 0 radical (unpaired) electrons. The quantitative estimate of drug-likeness (QED) is 0.583. The third kappa shape index (κ3) is 5.34. The van der Waals surface area contributed by atoms with Crippen LogP contribution in [0.3, 0.4) is 0 Å². The number of thiazole rings is 1. The third-order valence-electron chi connectivity index (χ3n) is 3.62. The molecule has 0 atom stereocenters. The first-order valence-corrected chi connectivity index (χ1v) is 9.48. The summed E-state index contributed by atoms with van der Waals surface area (Å²) in [6.45, 7) is 1.91. The Labute approximate surface area is 166 Å². The van der Waals surface area contributed by atoms with E-state index in [1.807, 2.05) is 30.3 Å². The molecule has 1 N–H and O–H groups in total. The van der Waals surface area contributed by atoms with Gasteiger partial charge in [-0.2, -0.15) is 0 Å². The van der Waals surface area contributed by atoms with Crippen molar-refractivity contribution in [3.05, 3.63) is 59.9 Å². The van der Waals surface area contributed by atoms with Crippen LogP contribution in [0.2, 0.25) is 0 Å². The van der Waals surface area contributed by atoms with Gasteiger partial charge >= 0.3 is 5.97 Å². The number of carbonyl (C=O) groups excluding carboxylic acids is 2. The molecule has 2 aromatic heterocycles. The highest BCUT2D eigenvalue weighted by molar-refractivity contribution is 7.14. The van der Waals surface area contributed by atoms with Crippen molar-refractivity contribution in [3.63, 3.8) is 0 Å². The molecule has 0 aliphatic rings. The molecule has 3 rings (SSSR count). The van der Waals surface area contributed by atoms with Crippen molar-refractivity contribution in [2.45, 2.75) is 20.0 Å². The molecule has 0 bridgehead atoms. The average molecular weight is 397 g/mol. The summed E-state index contributed by atoms with van der Waals surface area (Å²) in [5.41, 5.74) is 1.33. The monoisotopic (exact) mass is 397 g/mol. The predicted octanol–water partition coefficient (Wildman–Crippen LogP) is 3.16. The van der Waals surface area contributed by atoms with Crippen LogP contribution >= 0.6 is 11.3 Å². The van der Waals surface area contributed by atoms with Gasteiger partial charge in [-0.15, -0.1) is 11.3 Å². The number of anilines is 3. The van der Waals surface area contributed by atoms with E-state index in [9.17, 15) is 9.59 Å². The van der Waals surface area contributed by atoms with Crippen LogP contribution in [0.1, 0.15) is 19.0 Å². The number of esters is 1. The van der Waals surface area contributed by atoms with Gasteiger partial charge in [-0.05, 0) is 18.2 Å². The Bertz CT molecular complexity index is 918. The van der Waals surface area contributed by atoms with Crippen molar-refractivity contribution >= 4 is 40.0 Å². The minimum absolute atomic E-state index is 0.0533. The Balaban J connectivity index is 1.51. The highest BCUT2D eigenvalue weighted by atomic mass is 32.1. The fourth-order valence-electron chi connectivity index (χ4n) is 2.36. The van der Waals surface area contributed by atoms with E-state index in [1.54, 1.807) is 23.8 Å². The van der Waals surface area contributed by atoms with Crippen LogP contribution in [0.4, 0.5) is 16.8 Å². The lowest BCUT2D eigenvalue weighted by Crippen LogP contribution is -2.22. The third-order valence-corrected chi connectivity index (χ3v) is 4.49. The zero-order valence-corrected chi connectivity index (χ0v) is 16.1. The normalized spacial score (nSPS) is 10.3. The Morgan fingerprint density at radius 3 is 2.61 bits per heavy atom. The van der Waals surface area contributed by atoms with Crippen LogP contribution in [-0.4, -0.2) is 33.4 Å². The molecule has 1 aromatic carbocycles. The van der Waals surface area contributed by atoms with Gasteiger partial charge < -0.3 is 10.1 Å². The number of nitrogens with zero attached hydrogens (tertiary/aromatic N) is 4. The van der Waals surface area contributed by atoms with Gasteiger partial charge in [0.2, 0.25) is 11.9 Å². The molecule has 0 saturated carbocycles. The number of hydrogen-bond acceptors (Lipinski definition) is 8. The van der Waals surface area contributed by atoms with Gasteiger partial charge in [0, 0.05) is 31.2 Å². The van der Waals surface area contributed by atoms with E-state index < -0.39 is 0 Å². The summed E-state index contributed by atoms with van der Waals surface area (Å²) in [4.78, 5) is 37.9. The molecule has 0 saturated heterocycles. The molecule has 0 fully saturated rings. The molecule has 0 aliphatic carbocycles. The molecule has 3 aromatic rings. The first-order chi connectivity index (χ1) is 13.6. The molecular weight excluding hydrogens is 378 g/mol. The van der Waals surface area contributed by atoms with E-state index in [0.29, 0.717) is 23.3 Å². The molecule has 2 heterocycles. The van der Waals surface area contributed by atoms with Crippen LogP contribution in [0.5, 0.6) is 0 Å². The smallest absolute Gasteiger partial charge is 0.307 e. The minimum atomic E-state index is -0.357. The molecule has 8 nitrogen and oxygen atoms in total. The molecular formula is C19H19N5O3S. The highest BCUT2D eigenvalue weighted by Crippen LogP contribution is 2.28. The first kappa shape index (κ1) is 19.4. The molecule has 28 heavy (non-hydrogen) atoms. The van der Waals surface area contributed by atoms with Gasteiger partial charge in [-0.3, -0.25) is 14.5 Å². The standard InChI is InChI=1S/C19H19N5O3S/c1-14(25)24(16-6-3-2-4-7-16)19-23-15(13-28-19)12-27-17(26)8-11-22-18-20-9-5-10-21-18/h2-7,9-10,13H,8,11-12H2,1H3,(H,20,21,22). The number of carbonyl (C=O) groups is 2. The number of nitrogens with one attached hydrogen (secondary N) is 1. The Hall–Kier alpha value is -3.33. The van der Waals surface area contributed by atoms with E-state index in [-0.39, 0.29) is 24.9 Å². The van der Waals surface area contributed by atoms with Crippen LogP contribution in [0.25, 0.3) is 0 Å². The highest BCUT2D eigenvalue weighted by Gasteiger charge is 2.18. The van der Waals surface area contributed by atoms with Crippen molar-refractivity contribution in [3.8, 4) is 0 Å². The minimum Gasteiger partial charge on any atom is -0.459 e. The van der Waals surface area contributed by atoms with Crippen molar-refractivity contribution in [1.82, 2.24) is 15.0 Å². The second-order valence-corrected chi connectivity index (χ2v) is 6.56. The van der Waals surface area contributed by atoms with Gasteiger partial charge in [0.15, 0.2) is 5.13 Å². The molecule has 0 spiro atoms. The summed E-state index contributed by atoms with van der Waals surface area (Å²) in [7, 11) is 0. The summed E-state index contributed by atoms with van der Waals surface area (Å²) < 4.78 is 5.25.